The fourth-order valence-electron chi connectivity index (χ4n) is 3.77. The highest BCUT2D eigenvalue weighted by molar-refractivity contribution is 5.80. The Morgan fingerprint density at radius 1 is 1.19 bits per heavy atom. The summed E-state index contributed by atoms with van der Waals surface area (Å²) in [7, 11) is 0. The van der Waals surface area contributed by atoms with E-state index in [1.54, 1.807) is 4.90 Å². The summed E-state index contributed by atoms with van der Waals surface area (Å²) in [5.74, 6) is 2.42. The van der Waals surface area contributed by atoms with Gasteiger partial charge >= 0.3 is 6.09 Å². The minimum Gasteiger partial charge on any atom is -0.486 e. The van der Waals surface area contributed by atoms with E-state index >= 15 is 0 Å². The molecular formula is C23H36N4O4. The Kier molecular flexibility index (Phi) is 7.87. The Hall–Kier alpha value is -2.64. The highest BCUT2D eigenvalue weighted by Gasteiger charge is 2.26. The number of nitrogens with zero attached hydrogens (tertiary/aromatic N) is 2. The Bertz CT molecular complexity index is 773. The molecule has 0 unspecified atom stereocenters. The van der Waals surface area contributed by atoms with Crippen LogP contribution in [0.1, 0.15) is 46.1 Å². The number of benzene rings is 1. The first-order chi connectivity index (χ1) is 14.9. The molecule has 8 nitrogen and oxygen atoms in total. The number of likely N-dealkylation sites (tertiary alicyclic amines) is 1. The summed E-state index contributed by atoms with van der Waals surface area (Å²) in [4.78, 5) is 18.5. The van der Waals surface area contributed by atoms with Gasteiger partial charge in [0.05, 0.1) is 13.2 Å². The van der Waals surface area contributed by atoms with E-state index in [1.807, 2.05) is 13.0 Å². The molecule has 1 amide bonds. The van der Waals surface area contributed by atoms with Crippen LogP contribution in [0, 0.1) is 0 Å². The number of carbonyl (C=O) groups excluding carboxylic acids is 1. The second kappa shape index (κ2) is 10.6. The second-order valence-electron chi connectivity index (χ2n) is 8.54. The highest BCUT2D eigenvalue weighted by atomic mass is 16.6. The van der Waals surface area contributed by atoms with E-state index in [-0.39, 0.29) is 17.6 Å². The maximum Gasteiger partial charge on any atom is 0.409 e. The molecule has 0 atom stereocenters. The molecule has 8 heteroatoms. The van der Waals surface area contributed by atoms with Gasteiger partial charge in [0.25, 0.3) is 0 Å². The molecule has 0 saturated carbocycles. The van der Waals surface area contributed by atoms with Crippen molar-refractivity contribution in [3.63, 3.8) is 0 Å². The normalized spacial score (nSPS) is 17.3. The Morgan fingerprint density at radius 3 is 2.58 bits per heavy atom. The molecule has 172 valence electrons. The van der Waals surface area contributed by atoms with Gasteiger partial charge in [0, 0.05) is 31.1 Å². The van der Waals surface area contributed by atoms with Crippen LogP contribution in [0.2, 0.25) is 0 Å². The fraction of sp³-hybridized carbons (Fsp3) is 0.652. The van der Waals surface area contributed by atoms with E-state index in [1.165, 1.54) is 5.56 Å². The summed E-state index contributed by atoms with van der Waals surface area (Å²) in [6, 6.07) is 6.42. The third kappa shape index (κ3) is 6.18. The highest BCUT2D eigenvalue weighted by Crippen LogP contribution is 2.35. The molecule has 2 N–H and O–H groups in total. The number of rotatable bonds is 6. The van der Waals surface area contributed by atoms with Crippen molar-refractivity contribution in [2.24, 2.45) is 4.99 Å². The number of fused-ring (bicyclic) bond motifs is 1. The van der Waals surface area contributed by atoms with Gasteiger partial charge in [-0.05, 0) is 44.4 Å². The van der Waals surface area contributed by atoms with E-state index in [2.05, 4.69) is 43.5 Å². The van der Waals surface area contributed by atoms with Crippen molar-refractivity contribution in [1.82, 2.24) is 15.5 Å². The van der Waals surface area contributed by atoms with Gasteiger partial charge in [0.15, 0.2) is 17.5 Å². The van der Waals surface area contributed by atoms with Crippen LogP contribution < -0.4 is 20.1 Å². The first-order valence-corrected chi connectivity index (χ1v) is 11.3. The van der Waals surface area contributed by atoms with Crippen LogP contribution in [0.4, 0.5) is 4.79 Å². The Labute approximate surface area is 185 Å². The second-order valence-corrected chi connectivity index (χ2v) is 8.54. The number of amides is 1. The maximum atomic E-state index is 11.9. The molecule has 0 aromatic heterocycles. The summed E-state index contributed by atoms with van der Waals surface area (Å²) >= 11 is 0. The number of carbonyl (C=O) groups is 1. The van der Waals surface area contributed by atoms with Gasteiger partial charge in [-0.15, -0.1) is 0 Å². The zero-order chi connectivity index (χ0) is 22.3. The number of aliphatic imine (C=N–C) groups is 1. The number of guanidine groups is 1. The summed E-state index contributed by atoms with van der Waals surface area (Å²) < 4.78 is 16.5. The quantitative estimate of drug-likeness (QED) is 0.531. The molecule has 2 aliphatic rings. The van der Waals surface area contributed by atoms with E-state index in [9.17, 15) is 4.79 Å². The summed E-state index contributed by atoms with van der Waals surface area (Å²) in [5, 5.41) is 6.88. The molecule has 3 rings (SSSR count). The smallest absolute Gasteiger partial charge is 0.409 e. The summed E-state index contributed by atoms with van der Waals surface area (Å²) in [6.07, 6.45) is 1.52. The van der Waals surface area contributed by atoms with Crippen LogP contribution in [-0.2, 0) is 10.2 Å². The first kappa shape index (κ1) is 23.0. The lowest BCUT2D eigenvalue weighted by molar-refractivity contribution is 0.0963. The Balaban J connectivity index is 1.59. The van der Waals surface area contributed by atoms with Crippen molar-refractivity contribution in [2.75, 3.05) is 46.0 Å². The van der Waals surface area contributed by atoms with Gasteiger partial charge in [-0.25, -0.2) is 4.79 Å². The van der Waals surface area contributed by atoms with Crippen LogP contribution in [0.15, 0.2) is 23.2 Å². The molecule has 1 saturated heterocycles. The van der Waals surface area contributed by atoms with Gasteiger partial charge in [-0.1, -0.05) is 19.9 Å². The number of hydrogen-bond donors (Lipinski definition) is 2. The molecule has 31 heavy (non-hydrogen) atoms. The third-order valence-electron chi connectivity index (χ3n) is 5.66. The van der Waals surface area contributed by atoms with Crippen molar-refractivity contribution in [3.05, 3.63) is 23.8 Å². The Morgan fingerprint density at radius 2 is 1.90 bits per heavy atom. The minimum atomic E-state index is -0.220. The average Bonchev–Trinajstić information content (AvgIpc) is 2.78. The van der Waals surface area contributed by atoms with Gasteiger partial charge in [-0.2, -0.15) is 0 Å². The zero-order valence-electron chi connectivity index (χ0n) is 19.2. The minimum absolute atomic E-state index is 0.161. The van der Waals surface area contributed by atoms with E-state index < -0.39 is 0 Å². The van der Waals surface area contributed by atoms with Crippen LogP contribution in [0.3, 0.4) is 0 Å². The molecule has 1 fully saturated rings. The summed E-state index contributed by atoms with van der Waals surface area (Å²) in [5.41, 5.74) is 1.00. The van der Waals surface area contributed by atoms with Gasteiger partial charge in [0.2, 0.25) is 0 Å². The van der Waals surface area contributed by atoms with Crippen molar-refractivity contribution in [1.29, 1.82) is 0 Å². The topological polar surface area (TPSA) is 84.4 Å². The molecule has 0 spiro atoms. The van der Waals surface area contributed by atoms with Crippen LogP contribution in [0.5, 0.6) is 11.5 Å². The van der Waals surface area contributed by atoms with Crippen LogP contribution in [0.25, 0.3) is 0 Å². The van der Waals surface area contributed by atoms with Gasteiger partial charge < -0.3 is 29.7 Å². The van der Waals surface area contributed by atoms with Crippen molar-refractivity contribution in [3.8, 4) is 11.5 Å². The molecule has 0 radical (unpaired) electrons. The van der Waals surface area contributed by atoms with Crippen molar-refractivity contribution < 1.29 is 19.0 Å². The molecular weight excluding hydrogens is 396 g/mol. The molecule has 1 aromatic carbocycles. The van der Waals surface area contributed by atoms with Crippen LogP contribution >= 0.6 is 0 Å². The molecule has 0 bridgehead atoms. The van der Waals surface area contributed by atoms with E-state index in [0.29, 0.717) is 39.5 Å². The lowest BCUT2D eigenvalue weighted by Crippen LogP contribution is -2.50. The molecule has 0 aliphatic carbocycles. The zero-order valence-corrected chi connectivity index (χ0v) is 19.2. The fourth-order valence-corrected chi connectivity index (χ4v) is 3.77. The first-order valence-electron chi connectivity index (χ1n) is 11.3. The lowest BCUT2D eigenvalue weighted by atomic mass is 9.84. The van der Waals surface area contributed by atoms with Gasteiger partial charge in [-0.3, -0.25) is 4.99 Å². The largest absolute Gasteiger partial charge is 0.486 e. The molecule has 2 aliphatic heterocycles. The number of nitrogens with one attached hydrogen (secondary N) is 2. The van der Waals surface area contributed by atoms with E-state index in [4.69, 9.17) is 19.2 Å². The third-order valence-corrected chi connectivity index (χ3v) is 5.66. The maximum absolute atomic E-state index is 11.9. The monoisotopic (exact) mass is 432 g/mol. The van der Waals surface area contributed by atoms with Crippen molar-refractivity contribution in [2.45, 2.75) is 52.0 Å². The number of hydrogen-bond acceptors (Lipinski definition) is 5. The molecule has 1 aromatic rings. The van der Waals surface area contributed by atoms with E-state index in [0.717, 1.165) is 36.8 Å². The SMILES string of the molecule is CCNC(=NCC(C)(C)c1ccc2c(c1)OCCO2)NC1CCN(C(=O)OCC)CC1. The average molecular weight is 433 g/mol. The van der Waals surface area contributed by atoms with Gasteiger partial charge in [0.1, 0.15) is 13.2 Å². The molecule has 2 heterocycles. The number of piperidine rings is 1. The summed E-state index contributed by atoms with van der Waals surface area (Å²) in [6.45, 7) is 12.7. The predicted molar refractivity (Wildman–Crippen MR) is 121 cm³/mol. The van der Waals surface area contributed by atoms with Crippen LogP contribution in [-0.4, -0.2) is 69.0 Å². The predicted octanol–water partition coefficient (Wildman–Crippen LogP) is 2.91. The van der Waals surface area contributed by atoms with Crippen molar-refractivity contribution >= 4 is 12.1 Å². The standard InChI is InChI=1S/C23H36N4O4/c1-5-24-21(26-18-9-11-27(12-10-18)22(28)29-6-2)25-16-23(3,4)17-7-8-19-20(15-17)31-14-13-30-19/h7-8,15,18H,5-6,9-14,16H2,1-4H3,(H2,24,25,26). The lowest BCUT2D eigenvalue weighted by Gasteiger charge is -2.32. The number of ether oxygens (including phenoxy) is 3.